The van der Waals surface area contributed by atoms with E-state index in [4.69, 9.17) is 9.47 Å². The van der Waals surface area contributed by atoms with Gasteiger partial charge in [0.2, 0.25) is 0 Å². The molecule has 1 fully saturated rings. The van der Waals surface area contributed by atoms with Crippen LogP contribution in [0, 0.1) is 0 Å². The summed E-state index contributed by atoms with van der Waals surface area (Å²) in [6.07, 6.45) is 2.56. The molecule has 0 spiro atoms. The smallest absolute Gasteiger partial charge is 0.170 e. The van der Waals surface area contributed by atoms with Gasteiger partial charge in [-0.25, -0.2) is 0 Å². The van der Waals surface area contributed by atoms with Gasteiger partial charge in [-0.3, -0.25) is 0 Å². The van der Waals surface area contributed by atoms with E-state index in [1.54, 1.807) is 11.8 Å². The van der Waals surface area contributed by atoms with Gasteiger partial charge in [0, 0.05) is 0 Å². The summed E-state index contributed by atoms with van der Waals surface area (Å²) in [7, 11) is 0. The third kappa shape index (κ3) is 2.10. The maximum Gasteiger partial charge on any atom is 0.170 e. The third-order valence-corrected chi connectivity index (χ3v) is 3.08. The molecule has 1 saturated heterocycles. The van der Waals surface area contributed by atoms with Crippen LogP contribution in [0.4, 0.5) is 0 Å². The molecule has 3 heteroatoms. The first-order valence-corrected chi connectivity index (χ1v) is 5.27. The van der Waals surface area contributed by atoms with Crippen molar-refractivity contribution in [1.82, 2.24) is 0 Å². The van der Waals surface area contributed by atoms with E-state index >= 15 is 0 Å². The lowest BCUT2D eigenvalue weighted by Gasteiger charge is -2.15. The van der Waals surface area contributed by atoms with Crippen LogP contribution in [0.15, 0.2) is 0 Å². The monoisotopic (exact) mass is 176 g/mol. The Morgan fingerprint density at radius 1 is 1.18 bits per heavy atom. The lowest BCUT2D eigenvalue weighted by atomic mass is 10.3. The van der Waals surface area contributed by atoms with Crippen LogP contribution in [0.3, 0.4) is 0 Å². The first-order valence-electron chi connectivity index (χ1n) is 3.99. The minimum atomic E-state index is -0.00463. The number of hydrogen-bond acceptors (Lipinski definition) is 3. The van der Waals surface area contributed by atoms with Gasteiger partial charge in [0.05, 0.1) is 17.5 Å². The predicted molar refractivity (Wildman–Crippen MR) is 47.9 cm³/mol. The summed E-state index contributed by atoms with van der Waals surface area (Å²) in [4.78, 5) is 0. The maximum absolute atomic E-state index is 5.58. The minimum absolute atomic E-state index is 0.00463. The van der Waals surface area contributed by atoms with E-state index in [9.17, 15) is 0 Å². The molecule has 0 aliphatic carbocycles. The lowest BCUT2D eigenvalue weighted by Crippen LogP contribution is -2.21. The molecule has 0 aromatic heterocycles. The molecule has 2 nitrogen and oxygen atoms in total. The van der Waals surface area contributed by atoms with Gasteiger partial charge < -0.3 is 9.47 Å². The van der Waals surface area contributed by atoms with Crippen molar-refractivity contribution in [2.24, 2.45) is 0 Å². The van der Waals surface area contributed by atoms with Gasteiger partial charge in [-0.15, -0.1) is 0 Å². The molecule has 3 unspecified atom stereocenters. The van der Waals surface area contributed by atoms with Crippen LogP contribution in [-0.4, -0.2) is 30.0 Å². The second kappa shape index (κ2) is 3.78. The van der Waals surface area contributed by atoms with Gasteiger partial charge >= 0.3 is 0 Å². The van der Waals surface area contributed by atoms with Crippen molar-refractivity contribution in [1.29, 1.82) is 0 Å². The van der Waals surface area contributed by atoms with Crippen LogP contribution in [0.5, 0.6) is 0 Å². The summed E-state index contributed by atoms with van der Waals surface area (Å²) in [5, 5.41) is 0.433. The molecule has 1 heterocycles. The molecular weight excluding hydrogens is 160 g/mol. The summed E-state index contributed by atoms with van der Waals surface area (Å²) in [5.74, 6) is 0. The van der Waals surface area contributed by atoms with Crippen molar-refractivity contribution in [3.63, 3.8) is 0 Å². The largest absolute Gasteiger partial charge is 0.346 e. The Morgan fingerprint density at radius 3 is 2.00 bits per heavy atom. The van der Waals surface area contributed by atoms with Crippen molar-refractivity contribution in [2.45, 2.75) is 44.5 Å². The molecule has 0 aromatic rings. The fourth-order valence-corrected chi connectivity index (χ4v) is 1.36. The highest BCUT2D eigenvalue weighted by atomic mass is 32.2. The van der Waals surface area contributed by atoms with E-state index in [1.165, 1.54) is 0 Å². The van der Waals surface area contributed by atoms with E-state index in [-0.39, 0.29) is 18.5 Å². The maximum atomic E-state index is 5.58. The van der Waals surface area contributed by atoms with Crippen LogP contribution >= 0.6 is 11.8 Å². The average molecular weight is 176 g/mol. The molecule has 0 amide bonds. The molecule has 0 aromatic carbocycles. The average Bonchev–Trinajstić information content (AvgIpc) is 2.31. The predicted octanol–water partition coefficient (Wildman–Crippen LogP) is 1.89. The third-order valence-electron chi connectivity index (χ3n) is 2.11. The van der Waals surface area contributed by atoms with E-state index in [0.29, 0.717) is 5.25 Å². The molecule has 0 N–H and O–H groups in total. The zero-order valence-electron chi connectivity index (χ0n) is 7.53. The van der Waals surface area contributed by atoms with Crippen LogP contribution in [0.1, 0.15) is 20.8 Å². The second-order valence-corrected chi connectivity index (χ2v) is 4.21. The standard InChI is InChI=1S/C8H16O2S/c1-5-6(2)10-8(9-5)7(3)11-4/h5-8H,1-4H3. The van der Waals surface area contributed by atoms with Crippen molar-refractivity contribution in [3.05, 3.63) is 0 Å². The Hall–Kier alpha value is 0.270. The zero-order chi connectivity index (χ0) is 8.43. The number of hydrogen-bond donors (Lipinski definition) is 0. The Kier molecular flexibility index (Phi) is 3.22. The van der Waals surface area contributed by atoms with Crippen LogP contribution < -0.4 is 0 Å². The van der Waals surface area contributed by atoms with Crippen molar-refractivity contribution in [2.75, 3.05) is 6.26 Å². The number of thioether (sulfide) groups is 1. The highest BCUT2D eigenvalue weighted by molar-refractivity contribution is 7.99. The van der Waals surface area contributed by atoms with E-state index in [0.717, 1.165) is 0 Å². The van der Waals surface area contributed by atoms with Crippen LogP contribution in [0.25, 0.3) is 0 Å². The first kappa shape index (κ1) is 9.36. The molecule has 66 valence electrons. The molecule has 1 aliphatic heterocycles. The molecular formula is C8H16O2S. The SMILES string of the molecule is CSC(C)C1OC(C)C(C)O1. The summed E-state index contributed by atoms with van der Waals surface area (Å²) in [6.45, 7) is 6.23. The fourth-order valence-electron chi connectivity index (χ4n) is 1.01. The number of ether oxygens (including phenoxy) is 2. The highest BCUT2D eigenvalue weighted by Crippen LogP contribution is 2.25. The van der Waals surface area contributed by atoms with E-state index < -0.39 is 0 Å². The normalized spacial score (nSPS) is 40.9. The lowest BCUT2D eigenvalue weighted by molar-refractivity contribution is -0.0592. The zero-order valence-corrected chi connectivity index (χ0v) is 8.35. The molecule has 0 radical (unpaired) electrons. The summed E-state index contributed by atoms with van der Waals surface area (Å²) in [5.41, 5.74) is 0. The topological polar surface area (TPSA) is 18.5 Å². The van der Waals surface area contributed by atoms with E-state index in [2.05, 4.69) is 27.0 Å². The molecule has 11 heavy (non-hydrogen) atoms. The number of rotatable bonds is 2. The molecule has 3 atom stereocenters. The Labute approximate surface area is 72.6 Å². The molecule has 1 aliphatic rings. The Morgan fingerprint density at radius 2 is 1.64 bits per heavy atom. The van der Waals surface area contributed by atoms with Gasteiger partial charge in [-0.2, -0.15) is 11.8 Å². The van der Waals surface area contributed by atoms with Gasteiger partial charge in [-0.05, 0) is 27.0 Å². The van der Waals surface area contributed by atoms with Gasteiger partial charge in [0.15, 0.2) is 6.29 Å². The van der Waals surface area contributed by atoms with E-state index in [1.807, 2.05) is 0 Å². The summed E-state index contributed by atoms with van der Waals surface area (Å²) >= 11 is 1.78. The summed E-state index contributed by atoms with van der Waals surface area (Å²) < 4.78 is 11.2. The fraction of sp³-hybridized carbons (Fsp3) is 1.00. The van der Waals surface area contributed by atoms with Gasteiger partial charge in [-0.1, -0.05) is 0 Å². The van der Waals surface area contributed by atoms with Crippen LogP contribution in [-0.2, 0) is 9.47 Å². The second-order valence-electron chi connectivity index (χ2n) is 2.99. The first-order chi connectivity index (χ1) is 5.15. The molecule has 1 rings (SSSR count). The van der Waals surface area contributed by atoms with Crippen molar-refractivity contribution in [3.8, 4) is 0 Å². The Bertz CT molecular complexity index is 119. The molecule has 0 bridgehead atoms. The minimum Gasteiger partial charge on any atom is -0.346 e. The highest BCUT2D eigenvalue weighted by Gasteiger charge is 2.32. The Balaban J connectivity index is 2.40. The van der Waals surface area contributed by atoms with Crippen LogP contribution in [0.2, 0.25) is 0 Å². The van der Waals surface area contributed by atoms with Gasteiger partial charge in [0.1, 0.15) is 0 Å². The summed E-state index contributed by atoms with van der Waals surface area (Å²) in [6, 6.07) is 0. The van der Waals surface area contributed by atoms with Gasteiger partial charge in [0.25, 0.3) is 0 Å². The quantitative estimate of drug-likeness (QED) is 0.640. The molecule has 0 saturated carbocycles. The van der Waals surface area contributed by atoms with Crippen molar-refractivity contribution < 1.29 is 9.47 Å². The van der Waals surface area contributed by atoms with Crippen molar-refractivity contribution >= 4 is 11.8 Å².